The first-order valence-corrected chi connectivity index (χ1v) is 5.30. The Balaban J connectivity index is 4.09. The first-order chi connectivity index (χ1) is 7.00. The van der Waals surface area contributed by atoms with Crippen molar-refractivity contribution in [1.29, 1.82) is 5.26 Å². The molecule has 4 heteroatoms. The minimum atomic E-state index is -0.932. The van der Waals surface area contributed by atoms with Gasteiger partial charge in [-0.2, -0.15) is 5.26 Å². The molecule has 1 amide bonds. The van der Waals surface area contributed by atoms with Gasteiger partial charge in [-0.05, 0) is 25.7 Å². The lowest BCUT2D eigenvalue weighted by Gasteiger charge is -2.20. The van der Waals surface area contributed by atoms with Crippen LogP contribution in [0.5, 0.6) is 0 Å². The normalized spacial score (nSPS) is 16.2. The summed E-state index contributed by atoms with van der Waals surface area (Å²) >= 11 is 0. The zero-order valence-electron chi connectivity index (χ0n) is 9.71. The number of aliphatic hydroxyl groups excluding tert-OH is 1. The quantitative estimate of drug-likeness (QED) is 0.691. The fraction of sp³-hybridized carbons (Fsp3) is 0.818. The second-order valence-corrected chi connectivity index (χ2v) is 4.12. The molecule has 2 atom stereocenters. The number of aliphatic hydroxyl groups is 1. The highest BCUT2D eigenvalue weighted by molar-refractivity contribution is 5.84. The van der Waals surface area contributed by atoms with E-state index in [4.69, 9.17) is 10.4 Å². The van der Waals surface area contributed by atoms with Crippen LogP contribution in [0.1, 0.15) is 33.6 Å². The summed E-state index contributed by atoms with van der Waals surface area (Å²) in [5, 5.41) is 20.3. The third-order valence-corrected chi connectivity index (χ3v) is 2.69. The molecule has 0 spiro atoms. The van der Waals surface area contributed by atoms with E-state index in [1.54, 1.807) is 6.92 Å². The second-order valence-electron chi connectivity index (χ2n) is 4.12. The second kappa shape index (κ2) is 6.41. The maximum absolute atomic E-state index is 11.6. The molecule has 2 N–H and O–H groups in total. The molecule has 0 aromatic rings. The van der Waals surface area contributed by atoms with Crippen molar-refractivity contribution in [3.8, 4) is 6.07 Å². The van der Waals surface area contributed by atoms with Gasteiger partial charge in [0, 0.05) is 13.2 Å². The number of amides is 1. The first-order valence-electron chi connectivity index (χ1n) is 5.30. The van der Waals surface area contributed by atoms with E-state index >= 15 is 0 Å². The van der Waals surface area contributed by atoms with Gasteiger partial charge in [-0.15, -0.1) is 0 Å². The Bertz CT molecular complexity index is 247. The Labute approximate surface area is 91.3 Å². The van der Waals surface area contributed by atoms with E-state index in [0.717, 1.165) is 0 Å². The van der Waals surface area contributed by atoms with E-state index in [0.29, 0.717) is 19.4 Å². The number of nitrogens with one attached hydrogen (secondary N) is 1. The summed E-state index contributed by atoms with van der Waals surface area (Å²) in [7, 11) is 0. The molecule has 0 radical (unpaired) electrons. The smallest absolute Gasteiger partial charge is 0.240 e. The number of carbonyl (C=O) groups is 1. The minimum absolute atomic E-state index is 0.125. The number of nitriles is 1. The molecular formula is C11H20N2O2. The molecule has 4 nitrogen and oxygen atoms in total. The summed E-state index contributed by atoms with van der Waals surface area (Å²) in [5.41, 5.74) is -0.932. The van der Waals surface area contributed by atoms with Gasteiger partial charge in [0.1, 0.15) is 5.41 Å². The highest BCUT2D eigenvalue weighted by Gasteiger charge is 2.30. The third kappa shape index (κ3) is 4.30. The molecule has 0 saturated heterocycles. The number of hydrogen-bond acceptors (Lipinski definition) is 3. The van der Waals surface area contributed by atoms with Gasteiger partial charge < -0.3 is 10.4 Å². The van der Waals surface area contributed by atoms with E-state index in [1.807, 2.05) is 19.9 Å². The summed E-state index contributed by atoms with van der Waals surface area (Å²) in [6, 6.07) is 2.02. The lowest BCUT2D eigenvalue weighted by Crippen LogP contribution is -2.39. The van der Waals surface area contributed by atoms with Crippen LogP contribution in [0.2, 0.25) is 0 Å². The molecule has 0 rings (SSSR count). The van der Waals surface area contributed by atoms with Crippen LogP contribution in [0.4, 0.5) is 0 Å². The molecule has 2 unspecified atom stereocenters. The lowest BCUT2D eigenvalue weighted by molar-refractivity contribution is -0.127. The fourth-order valence-electron chi connectivity index (χ4n) is 1.07. The van der Waals surface area contributed by atoms with Gasteiger partial charge in [0.05, 0.1) is 6.07 Å². The van der Waals surface area contributed by atoms with Crippen molar-refractivity contribution in [1.82, 2.24) is 5.32 Å². The number of rotatable bonds is 6. The van der Waals surface area contributed by atoms with Crippen LogP contribution in [0.25, 0.3) is 0 Å². The van der Waals surface area contributed by atoms with Crippen molar-refractivity contribution in [2.75, 3.05) is 13.2 Å². The summed E-state index contributed by atoms with van der Waals surface area (Å²) < 4.78 is 0. The van der Waals surface area contributed by atoms with E-state index in [-0.39, 0.29) is 18.4 Å². The molecule has 0 aliphatic heterocycles. The first kappa shape index (κ1) is 13.9. The molecule has 0 heterocycles. The molecule has 0 bridgehead atoms. The number of nitrogens with zero attached hydrogens (tertiary/aromatic N) is 1. The SMILES string of the molecule is CCC(C)(C#N)C(=O)NCC(C)CCO. The molecule has 0 aliphatic rings. The van der Waals surface area contributed by atoms with E-state index in [9.17, 15) is 4.79 Å². The zero-order chi connectivity index (χ0) is 11.9. The van der Waals surface area contributed by atoms with Crippen molar-refractivity contribution in [2.24, 2.45) is 11.3 Å². The Kier molecular flexibility index (Phi) is 5.95. The van der Waals surface area contributed by atoms with Crippen molar-refractivity contribution in [2.45, 2.75) is 33.6 Å². The van der Waals surface area contributed by atoms with Crippen molar-refractivity contribution in [3.05, 3.63) is 0 Å². The predicted octanol–water partition coefficient (Wildman–Crippen LogP) is 1.06. The van der Waals surface area contributed by atoms with Crippen LogP contribution in [-0.2, 0) is 4.79 Å². The van der Waals surface area contributed by atoms with Crippen molar-refractivity contribution in [3.63, 3.8) is 0 Å². The van der Waals surface area contributed by atoms with Crippen LogP contribution in [0, 0.1) is 22.7 Å². The summed E-state index contributed by atoms with van der Waals surface area (Å²) in [4.78, 5) is 11.6. The Morgan fingerprint density at radius 2 is 2.27 bits per heavy atom. The molecule has 0 aliphatic carbocycles. The largest absolute Gasteiger partial charge is 0.396 e. The summed E-state index contributed by atoms with van der Waals surface area (Å²) in [6.45, 7) is 6.04. The predicted molar refractivity (Wildman–Crippen MR) is 57.9 cm³/mol. The van der Waals surface area contributed by atoms with Crippen molar-refractivity contribution >= 4 is 5.91 Å². The topological polar surface area (TPSA) is 73.1 Å². The van der Waals surface area contributed by atoms with E-state index in [1.165, 1.54) is 0 Å². The average molecular weight is 212 g/mol. The van der Waals surface area contributed by atoms with Gasteiger partial charge in [-0.3, -0.25) is 4.79 Å². The van der Waals surface area contributed by atoms with Gasteiger partial charge in [-0.1, -0.05) is 13.8 Å². The Morgan fingerprint density at radius 3 is 2.67 bits per heavy atom. The molecule has 0 saturated carbocycles. The third-order valence-electron chi connectivity index (χ3n) is 2.69. The maximum Gasteiger partial charge on any atom is 0.240 e. The molecule has 0 aromatic carbocycles. The lowest BCUT2D eigenvalue weighted by atomic mass is 9.88. The molecule has 15 heavy (non-hydrogen) atoms. The highest BCUT2D eigenvalue weighted by atomic mass is 16.3. The van der Waals surface area contributed by atoms with Crippen LogP contribution >= 0.6 is 0 Å². The van der Waals surface area contributed by atoms with E-state index < -0.39 is 5.41 Å². The van der Waals surface area contributed by atoms with Crippen LogP contribution < -0.4 is 5.32 Å². The monoisotopic (exact) mass is 212 g/mol. The van der Waals surface area contributed by atoms with Gasteiger partial charge in [0.15, 0.2) is 0 Å². The maximum atomic E-state index is 11.6. The molecular weight excluding hydrogens is 192 g/mol. The van der Waals surface area contributed by atoms with Crippen molar-refractivity contribution < 1.29 is 9.90 Å². The fourth-order valence-corrected chi connectivity index (χ4v) is 1.07. The molecule has 0 aromatic heterocycles. The standard InChI is InChI=1S/C11H20N2O2/c1-4-11(3,8-12)10(15)13-7-9(2)5-6-14/h9,14H,4-7H2,1-3H3,(H,13,15). The van der Waals surface area contributed by atoms with Gasteiger partial charge in [0.2, 0.25) is 5.91 Å². The van der Waals surface area contributed by atoms with Gasteiger partial charge >= 0.3 is 0 Å². The number of hydrogen-bond donors (Lipinski definition) is 2. The Morgan fingerprint density at radius 1 is 1.67 bits per heavy atom. The molecule has 86 valence electrons. The van der Waals surface area contributed by atoms with Gasteiger partial charge in [0.25, 0.3) is 0 Å². The summed E-state index contributed by atoms with van der Waals surface area (Å²) in [6.07, 6.45) is 1.17. The Hall–Kier alpha value is -1.08. The minimum Gasteiger partial charge on any atom is -0.396 e. The van der Waals surface area contributed by atoms with Crippen LogP contribution in [0.3, 0.4) is 0 Å². The van der Waals surface area contributed by atoms with Gasteiger partial charge in [-0.25, -0.2) is 0 Å². The highest BCUT2D eigenvalue weighted by Crippen LogP contribution is 2.19. The van der Waals surface area contributed by atoms with Crippen LogP contribution in [-0.4, -0.2) is 24.2 Å². The average Bonchev–Trinajstić information content (AvgIpc) is 2.25. The number of carbonyl (C=O) groups excluding carboxylic acids is 1. The summed E-state index contributed by atoms with van der Waals surface area (Å²) in [5.74, 6) is 0.0102. The molecule has 0 fully saturated rings. The zero-order valence-corrected chi connectivity index (χ0v) is 9.71. The van der Waals surface area contributed by atoms with Crippen LogP contribution in [0.15, 0.2) is 0 Å². The van der Waals surface area contributed by atoms with E-state index in [2.05, 4.69) is 5.32 Å².